The first-order valence-corrected chi connectivity index (χ1v) is 8.79. The molecular formula is C20H14ClFN4O2. The Kier molecular flexibility index (Phi) is 4.90. The van der Waals surface area contributed by atoms with Crippen molar-refractivity contribution in [3.63, 3.8) is 0 Å². The van der Waals surface area contributed by atoms with Crippen LogP contribution >= 0.6 is 11.6 Å². The number of hydrogen-bond donors (Lipinski definition) is 1. The van der Waals surface area contributed by atoms with E-state index >= 15 is 0 Å². The molecule has 2 aromatic heterocycles. The Bertz CT molecular complexity index is 1090. The molecule has 0 saturated heterocycles. The summed E-state index contributed by atoms with van der Waals surface area (Å²) in [7, 11) is 0. The monoisotopic (exact) mass is 396 g/mol. The number of carbonyl (C=O) groups is 1. The second-order valence-electron chi connectivity index (χ2n) is 5.87. The molecule has 0 radical (unpaired) electrons. The average molecular weight is 397 g/mol. The Morgan fingerprint density at radius 3 is 2.64 bits per heavy atom. The van der Waals surface area contributed by atoms with E-state index in [-0.39, 0.29) is 34.8 Å². The minimum Gasteiger partial charge on any atom is -0.461 e. The molecule has 6 nitrogen and oxygen atoms in total. The molecule has 28 heavy (non-hydrogen) atoms. The Morgan fingerprint density at radius 2 is 1.93 bits per heavy atom. The predicted molar refractivity (Wildman–Crippen MR) is 103 cm³/mol. The quantitative estimate of drug-likeness (QED) is 0.532. The van der Waals surface area contributed by atoms with Crippen LogP contribution in [0.1, 0.15) is 15.9 Å². The average Bonchev–Trinajstić information content (AvgIpc) is 3.37. The molecule has 0 fully saturated rings. The molecule has 0 unspecified atom stereocenters. The molecule has 0 aliphatic rings. The highest BCUT2D eigenvalue weighted by molar-refractivity contribution is 6.31. The van der Waals surface area contributed by atoms with Crippen LogP contribution in [0.15, 0.2) is 71.3 Å². The van der Waals surface area contributed by atoms with E-state index in [0.717, 1.165) is 4.68 Å². The van der Waals surface area contributed by atoms with Gasteiger partial charge < -0.3 is 9.73 Å². The standard InChI is InChI=1S/C20H14ClFN4O2/c21-15-8-4-9-16(22)14(15)12-23-20-24-18(17-10-5-11-28-17)25-26(20)19(27)13-6-2-1-3-7-13/h1-11H,12H2,(H,23,24,25). The summed E-state index contributed by atoms with van der Waals surface area (Å²) in [6, 6.07) is 16.5. The van der Waals surface area contributed by atoms with Crippen molar-refractivity contribution in [1.82, 2.24) is 14.8 Å². The van der Waals surface area contributed by atoms with Gasteiger partial charge in [0, 0.05) is 22.7 Å². The van der Waals surface area contributed by atoms with Gasteiger partial charge in [-0.05, 0) is 36.4 Å². The fourth-order valence-electron chi connectivity index (χ4n) is 2.65. The molecule has 4 aromatic rings. The number of rotatable bonds is 5. The fraction of sp³-hybridized carbons (Fsp3) is 0.0500. The largest absolute Gasteiger partial charge is 0.461 e. The first-order valence-electron chi connectivity index (χ1n) is 8.41. The minimum absolute atomic E-state index is 0.0316. The van der Waals surface area contributed by atoms with Crippen LogP contribution in [0.25, 0.3) is 11.6 Å². The highest BCUT2D eigenvalue weighted by Crippen LogP contribution is 2.22. The zero-order valence-corrected chi connectivity index (χ0v) is 15.2. The van der Waals surface area contributed by atoms with Gasteiger partial charge in [-0.1, -0.05) is 35.9 Å². The van der Waals surface area contributed by atoms with Crippen molar-refractivity contribution in [2.24, 2.45) is 0 Å². The number of nitrogens with one attached hydrogen (secondary N) is 1. The number of carbonyl (C=O) groups excluding carboxylic acids is 1. The van der Waals surface area contributed by atoms with E-state index in [2.05, 4.69) is 15.4 Å². The summed E-state index contributed by atoms with van der Waals surface area (Å²) in [5.41, 5.74) is 0.704. The van der Waals surface area contributed by atoms with Crippen LogP contribution in [-0.2, 0) is 6.54 Å². The van der Waals surface area contributed by atoms with Gasteiger partial charge in [0.1, 0.15) is 5.82 Å². The predicted octanol–water partition coefficient (Wildman–Crippen LogP) is 4.63. The summed E-state index contributed by atoms with van der Waals surface area (Å²) in [6.07, 6.45) is 1.49. The maximum atomic E-state index is 14.1. The van der Waals surface area contributed by atoms with E-state index in [0.29, 0.717) is 11.3 Å². The molecule has 8 heteroatoms. The van der Waals surface area contributed by atoms with Gasteiger partial charge in [0.15, 0.2) is 5.76 Å². The van der Waals surface area contributed by atoms with Crippen molar-refractivity contribution >= 4 is 23.5 Å². The summed E-state index contributed by atoms with van der Waals surface area (Å²) < 4.78 is 20.5. The van der Waals surface area contributed by atoms with Crippen LogP contribution in [0.2, 0.25) is 5.02 Å². The van der Waals surface area contributed by atoms with E-state index in [9.17, 15) is 9.18 Å². The number of anilines is 1. The third-order valence-corrected chi connectivity index (χ3v) is 4.40. The maximum Gasteiger partial charge on any atom is 0.281 e. The summed E-state index contributed by atoms with van der Waals surface area (Å²) in [5.74, 6) is -0.0395. The molecule has 0 atom stereocenters. The van der Waals surface area contributed by atoms with Crippen molar-refractivity contribution in [2.75, 3.05) is 5.32 Å². The van der Waals surface area contributed by atoms with Gasteiger partial charge >= 0.3 is 0 Å². The van der Waals surface area contributed by atoms with E-state index in [4.69, 9.17) is 16.0 Å². The Morgan fingerprint density at radius 1 is 1.11 bits per heavy atom. The lowest BCUT2D eigenvalue weighted by Crippen LogP contribution is -2.17. The Hall–Kier alpha value is -3.45. The normalized spacial score (nSPS) is 10.8. The summed E-state index contributed by atoms with van der Waals surface area (Å²) in [5, 5.41) is 7.48. The van der Waals surface area contributed by atoms with E-state index < -0.39 is 5.82 Å². The maximum absolute atomic E-state index is 14.1. The highest BCUT2D eigenvalue weighted by atomic mass is 35.5. The minimum atomic E-state index is -0.452. The fourth-order valence-corrected chi connectivity index (χ4v) is 2.88. The van der Waals surface area contributed by atoms with Crippen LogP contribution in [0.4, 0.5) is 10.3 Å². The van der Waals surface area contributed by atoms with Gasteiger partial charge in [0.05, 0.1) is 6.26 Å². The smallest absolute Gasteiger partial charge is 0.281 e. The lowest BCUT2D eigenvalue weighted by molar-refractivity contribution is 0.0947. The molecule has 2 aromatic carbocycles. The molecule has 0 aliphatic heterocycles. The van der Waals surface area contributed by atoms with Crippen LogP contribution in [-0.4, -0.2) is 20.7 Å². The van der Waals surface area contributed by atoms with Crippen molar-refractivity contribution in [2.45, 2.75) is 6.54 Å². The van der Waals surface area contributed by atoms with E-state index in [1.807, 2.05) is 6.07 Å². The molecule has 0 amide bonds. The summed E-state index contributed by atoms with van der Waals surface area (Å²) in [4.78, 5) is 17.2. The zero-order chi connectivity index (χ0) is 19.5. The first kappa shape index (κ1) is 17.9. The summed E-state index contributed by atoms with van der Waals surface area (Å²) >= 11 is 6.08. The molecule has 0 aliphatic carbocycles. The second-order valence-corrected chi connectivity index (χ2v) is 6.28. The number of halogens is 2. The molecule has 0 spiro atoms. The van der Waals surface area contributed by atoms with Crippen LogP contribution < -0.4 is 5.32 Å². The molecule has 0 saturated carbocycles. The topological polar surface area (TPSA) is 73.0 Å². The van der Waals surface area contributed by atoms with Crippen LogP contribution in [0.5, 0.6) is 0 Å². The number of furan rings is 1. The lowest BCUT2D eigenvalue weighted by Gasteiger charge is -2.09. The molecule has 140 valence electrons. The Balaban J connectivity index is 1.70. The van der Waals surface area contributed by atoms with Crippen LogP contribution in [0.3, 0.4) is 0 Å². The van der Waals surface area contributed by atoms with Gasteiger partial charge in [-0.3, -0.25) is 4.79 Å². The van der Waals surface area contributed by atoms with Crippen LogP contribution in [0, 0.1) is 5.82 Å². The van der Waals surface area contributed by atoms with Gasteiger partial charge in [-0.15, -0.1) is 5.10 Å². The highest BCUT2D eigenvalue weighted by Gasteiger charge is 2.20. The lowest BCUT2D eigenvalue weighted by atomic mass is 10.2. The third kappa shape index (κ3) is 3.52. The summed E-state index contributed by atoms with van der Waals surface area (Å²) in [6.45, 7) is 0.0316. The SMILES string of the molecule is O=C(c1ccccc1)n1nc(-c2ccco2)nc1NCc1c(F)cccc1Cl. The van der Waals surface area contributed by atoms with Crippen molar-refractivity contribution in [3.8, 4) is 11.6 Å². The van der Waals surface area contributed by atoms with Crippen molar-refractivity contribution in [3.05, 3.63) is 88.9 Å². The molecule has 1 N–H and O–H groups in total. The number of hydrogen-bond acceptors (Lipinski definition) is 5. The molecule has 0 bridgehead atoms. The van der Waals surface area contributed by atoms with Gasteiger partial charge in [-0.2, -0.15) is 9.67 Å². The number of aromatic nitrogens is 3. The first-order chi connectivity index (χ1) is 13.6. The molecule has 4 rings (SSSR count). The Labute approximate surface area is 164 Å². The molecular weight excluding hydrogens is 383 g/mol. The second kappa shape index (κ2) is 7.66. The van der Waals surface area contributed by atoms with Crippen molar-refractivity contribution < 1.29 is 13.6 Å². The van der Waals surface area contributed by atoms with Gasteiger partial charge in [-0.25, -0.2) is 4.39 Å². The van der Waals surface area contributed by atoms with Gasteiger partial charge in [0.2, 0.25) is 11.8 Å². The van der Waals surface area contributed by atoms with Crippen molar-refractivity contribution in [1.29, 1.82) is 0 Å². The van der Waals surface area contributed by atoms with Gasteiger partial charge in [0.25, 0.3) is 5.91 Å². The number of nitrogens with zero attached hydrogens (tertiary/aromatic N) is 3. The number of benzene rings is 2. The molecule has 2 heterocycles. The zero-order valence-electron chi connectivity index (χ0n) is 14.5. The van der Waals surface area contributed by atoms with E-state index in [1.54, 1.807) is 42.5 Å². The third-order valence-electron chi connectivity index (χ3n) is 4.05. The van der Waals surface area contributed by atoms with E-state index in [1.165, 1.54) is 18.4 Å².